The molecule has 0 aliphatic carbocycles. The quantitative estimate of drug-likeness (QED) is 0.630. The molecular formula is C21H21ClN4O2. The van der Waals surface area contributed by atoms with Crippen LogP contribution in [0.3, 0.4) is 0 Å². The maximum atomic E-state index is 12.6. The number of carbonyl (C=O) groups excluding carboxylic acids is 1. The number of methoxy groups -OCH3 is 1. The number of benzene rings is 2. The molecule has 1 aromatic heterocycles. The standard InChI is InChI=1S/C21H21ClN4O2/c1-12-9-13(2)19(14(3)10-12)26-21-23-8-7-16(25-21)20(27)24-17-11-15(22)5-6-18(17)28-4/h5-11H,1-4H3,(H,24,27)(H,23,25,26). The zero-order valence-electron chi connectivity index (χ0n) is 16.1. The van der Waals surface area contributed by atoms with Gasteiger partial charge in [-0.25, -0.2) is 9.97 Å². The topological polar surface area (TPSA) is 76.1 Å². The van der Waals surface area contributed by atoms with E-state index in [2.05, 4.69) is 39.7 Å². The second-order valence-corrected chi connectivity index (χ2v) is 6.90. The van der Waals surface area contributed by atoms with Crippen molar-refractivity contribution in [2.75, 3.05) is 17.7 Å². The molecule has 0 radical (unpaired) electrons. The highest BCUT2D eigenvalue weighted by molar-refractivity contribution is 6.31. The van der Waals surface area contributed by atoms with Crippen LogP contribution in [0.4, 0.5) is 17.3 Å². The minimum atomic E-state index is -0.386. The number of hydrogen-bond donors (Lipinski definition) is 2. The van der Waals surface area contributed by atoms with Crippen LogP contribution in [0, 0.1) is 20.8 Å². The molecule has 2 aromatic carbocycles. The number of anilines is 3. The molecule has 1 amide bonds. The highest BCUT2D eigenvalue weighted by atomic mass is 35.5. The van der Waals surface area contributed by atoms with Gasteiger partial charge in [0.1, 0.15) is 11.4 Å². The fraction of sp³-hybridized carbons (Fsp3) is 0.190. The summed E-state index contributed by atoms with van der Waals surface area (Å²) in [5.41, 5.74) is 4.98. The van der Waals surface area contributed by atoms with E-state index in [0.29, 0.717) is 22.4 Å². The van der Waals surface area contributed by atoms with Gasteiger partial charge in [-0.15, -0.1) is 0 Å². The lowest BCUT2D eigenvalue weighted by Crippen LogP contribution is -2.15. The van der Waals surface area contributed by atoms with Crippen LogP contribution in [0.5, 0.6) is 5.75 Å². The summed E-state index contributed by atoms with van der Waals surface area (Å²) in [6, 6.07) is 10.7. The van der Waals surface area contributed by atoms with Crippen LogP contribution < -0.4 is 15.4 Å². The third kappa shape index (κ3) is 4.40. The summed E-state index contributed by atoms with van der Waals surface area (Å²) in [5, 5.41) is 6.48. The van der Waals surface area contributed by atoms with Gasteiger partial charge in [-0.1, -0.05) is 29.3 Å². The smallest absolute Gasteiger partial charge is 0.274 e. The summed E-state index contributed by atoms with van der Waals surface area (Å²) >= 11 is 6.02. The van der Waals surface area contributed by atoms with Crippen LogP contribution >= 0.6 is 11.6 Å². The molecule has 3 rings (SSSR count). The van der Waals surface area contributed by atoms with E-state index in [1.54, 1.807) is 24.3 Å². The molecule has 0 aliphatic rings. The van der Waals surface area contributed by atoms with Crippen molar-refractivity contribution in [2.24, 2.45) is 0 Å². The van der Waals surface area contributed by atoms with E-state index in [1.807, 2.05) is 13.8 Å². The van der Waals surface area contributed by atoms with Crippen molar-refractivity contribution in [1.29, 1.82) is 0 Å². The number of rotatable bonds is 5. The Labute approximate surface area is 168 Å². The molecule has 0 bridgehead atoms. The maximum Gasteiger partial charge on any atom is 0.274 e. The van der Waals surface area contributed by atoms with Gasteiger partial charge in [0.15, 0.2) is 0 Å². The van der Waals surface area contributed by atoms with Crippen molar-refractivity contribution in [2.45, 2.75) is 20.8 Å². The number of aromatic nitrogens is 2. The van der Waals surface area contributed by atoms with Gasteiger partial charge < -0.3 is 15.4 Å². The van der Waals surface area contributed by atoms with E-state index in [9.17, 15) is 4.79 Å². The maximum absolute atomic E-state index is 12.6. The number of halogens is 1. The summed E-state index contributed by atoms with van der Waals surface area (Å²) in [7, 11) is 1.53. The van der Waals surface area contributed by atoms with E-state index < -0.39 is 0 Å². The number of hydrogen-bond acceptors (Lipinski definition) is 5. The van der Waals surface area contributed by atoms with Crippen LogP contribution in [-0.4, -0.2) is 23.0 Å². The molecule has 3 aromatic rings. The normalized spacial score (nSPS) is 10.5. The van der Waals surface area contributed by atoms with Gasteiger partial charge in [0, 0.05) is 16.9 Å². The Kier molecular flexibility index (Phi) is 5.80. The Morgan fingerprint density at radius 1 is 1.07 bits per heavy atom. The molecule has 0 spiro atoms. The zero-order chi connectivity index (χ0) is 20.3. The second-order valence-electron chi connectivity index (χ2n) is 6.46. The third-order valence-corrected chi connectivity index (χ3v) is 4.45. The van der Waals surface area contributed by atoms with Gasteiger partial charge in [0.2, 0.25) is 5.95 Å². The lowest BCUT2D eigenvalue weighted by Gasteiger charge is -2.13. The first kappa shape index (κ1) is 19.6. The molecule has 1 heterocycles. The van der Waals surface area contributed by atoms with E-state index in [4.69, 9.17) is 16.3 Å². The van der Waals surface area contributed by atoms with E-state index in [-0.39, 0.29) is 11.6 Å². The summed E-state index contributed by atoms with van der Waals surface area (Å²) in [4.78, 5) is 21.2. The molecule has 6 nitrogen and oxygen atoms in total. The van der Waals surface area contributed by atoms with Crippen molar-refractivity contribution in [3.05, 3.63) is 70.0 Å². The minimum absolute atomic E-state index is 0.224. The van der Waals surface area contributed by atoms with Gasteiger partial charge in [-0.3, -0.25) is 4.79 Å². The van der Waals surface area contributed by atoms with Gasteiger partial charge in [0.05, 0.1) is 12.8 Å². The Morgan fingerprint density at radius 3 is 2.46 bits per heavy atom. The van der Waals surface area contributed by atoms with Gasteiger partial charge in [-0.05, 0) is 56.2 Å². The van der Waals surface area contributed by atoms with Crippen molar-refractivity contribution >= 4 is 34.8 Å². The molecule has 0 saturated carbocycles. The largest absolute Gasteiger partial charge is 0.495 e. The Morgan fingerprint density at radius 2 is 1.79 bits per heavy atom. The predicted molar refractivity (Wildman–Crippen MR) is 112 cm³/mol. The van der Waals surface area contributed by atoms with Gasteiger partial charge in [-0.2, -0.15) is 0 Å². The number of nitrogens with zero attached hydrogens (tertiary/aromatic N) is 2. The lowest BCUT2D eigenvalue weighted by atomic mass is 10.1. The van der Waals surface area contributed by atoms with Crippen molar-refractivity contribution in [3.63, 3.8) is 0 Å². The fourth-order valence-electron chi connectivity index (χ4n) is 3.00. The summed E-state index contributed by atoms with van der Waals surface area (Å²) < 4.78 is 5.26. The molecule has 0 unspecified atom stereocenters. The van der Waals surface area contributed by atoms with Crippen LogP contribution in [0.25, 0.3) is 0 Å². The Balaban J connectivity index is 1.84. The second kappa shape index (κ2) is 8.27. The fourth-order valence-corrected chi connectivity index (χ4v) is 3.17. The number of nitrogens with one attached hydrogen (secondary N) is 2. The van der Waals surface area contributed by atoms with Crippen LogP contribution in [0.2, 0.25) is 5.02 Å². The number of aryl methyl sites for hydroxylation is 3. The van der Waals surface area contributed by atoms with Crippen LogP contribution in [-0.2, 0) is 0 Å². The molecule has 28 heavy (non-hydrogen) atoms. The molecular weight excluding hydrogens is 376 g/mol. The van der Waals surface area contributed by atoms with Gasteiger partial charge >= 0.3 is 0 Å². The summed E-state index contributed by atoms with van der Waals surface area (Å²) in [6.45, 7) is 6.09. The number of ether oxygens (including phenoxy) is 1. The van der Waals surface area contributed by atoms with Gasteiger partial charge in [0.25, 0.3) is 5.91 Å². The predicted octanol–water partition coefficient (Wildman–Crippen LogP) is 5.06. The molecule has 0 aliphatic heterocycles. The van der Waals surface area contributed by atoms with E-state index in [0.717, 1.165) is 16.8 Å². The van der Waals surface area contributed by atoms with Crippen LogP contribution in [0.15, 0.2) is 42.6 Å². The van der Waals surface area contributed by atoms with E-state index in [1.165, 1.54) is 18.9 Å². The average Bonchev–Trinajstić information content (AvgIpc) is 2.65. The SMILES string of the molecule is COc1ccc(Cl)cc1NC(=O)c1ccnc(Nc2c(C)cc(C)cc2C)n1. The van der Waals surface area contributed by atoms with Crippen molar-refractivity contribution < 1.29 is 9.53 Å². The number of amides is 1. The third-order valence-electron chi connectivity index (χ3n) is 4.21. The van der Waals surface area contributed by atoms with Crippen LogP contribution in [0.1, 0.15) is 27.2 Å². The molecule has 0 atom stereocenters. The molecule has 0 fully saturated rings. The summed E-state index contributed by atoms with van der Waals surface area (Å²) in [5.74, 6) is 0.472. The summed E-state index contributed by atoms with van der Waals surface area (Å²) in [6.07, 6.45) is 1.54. The lowest BCUT2D eigenvalue weighted by molar-refractivity contribution is 0.102. The van der Waals surface area contributed by atoms with E-state index >= 15 is 0 Å². The zero-order valence-corrected chi connectivity index (χ0v) is 16.9. The first-order valence-electron chi connectivity index (χ1n) is 8.70. The highest BCUT2D eigenvalue weighted by Crippen LogP contribution is 2.28. The number of carbonyl (C=O) groups is 1. The first-order valence-corrected chi connectivity index (χ1v) is 9.08. The molecule has 2 N–H and O–H groups in total. The Bertz CT molecular complexity index is 1010. The average molecular weight is 397 g/mol. The van der Waals surface area contributed by atoms with Crippen molar-refractivity contribution in [1.82, 2.24) is 9.97 Å². The molecule has 7 heteroatoms. The minimum Gasteiger partial charge on any atom is -0.495 e. The Hall–Kier alpha value is -3.12. The highest BCUT2D eigenvalue weighted by Gasteiger charge is 2.13. The molecule has 0 saturated heterocycles. The first-order chi connectivity index (χ1) is 13.4. The van der Waals surface area contributed by atoms with Crippen molar-refractivity contribution in [3.8, 4) is 5.75 Å². The monoisotopic (exact) mass is 396 g/mol. The molecule has 144 valence electrons.